The lowest BCUT2D eigenvalue weighted by molar-refractivity contribution is 0.0838. The summed E-state index contributed by atoms with van der Waals surface area (Å²) >= 11 is 0. The van der Waals surface area contributed by atoms with Crippen LogP contribution >= 0.6 is 0 Å². The van der Waals surface area contributed by atoms with Crippen molar-refractivity contribution in [2.45, 2.75) is 18.8 Å². The number of hydrogen-bond acceptors (Lipinski definition) is 3. The first kappa shape index (κ1) is 14.4. The third kappa shape index (κ3) is 2.11. The number of fused-ring (bicyclic) bond motifs is 5. The van der Waals surface area contributed by atoms with Gasteiger partial charge in [0.1, 0.15) is 12.2 Å². The zero-order valence-electron chi connectivity index (χ0n) is 13.5. The molecular weight excluding hydrogens is 314 g/mol. The number of benzene rings is 2. The van der Waals surface area contributed by atoms with Crippen molar-refractivity contribution < 1.29 is 14.9 Å². The van der Waals surface area contributed by atoms with E-state index in [1.165, 1.54) is 5.56 Å². The van der Waals surface area contributed by atoms with Gasteiger partial charge in [0.2, 0.25) is 11.8 Å². The average molecular weight is 331 g/mol. The highest BCUT2D eigenvalue weighted by atomic mass is 16.5. The van der Waals surface area contributed by atoms with E-state index in [4.69, 9.17) is 4.74 Å². The van der Waals surface area contributed by atoms with E-state index in [-0.39, 0.29) is 24.0 Å². The van der Waals surface area contributed by atoms with Crippen LogP contribution in [0.2, 0.25) is 0 Å². The van der Waals surface area contributed by atoms with Crippen molar-refractivity contribution in [3.8, 4) is 22.9 Å². The molecule has 2 unspecified atom stereocenters. The number of aromatic nitrogens is 1. The highest BCUT2D eigenvalue weighted by Crippen LogP contribution is 2.54. The minimum absolute atomic E-state index is 0.0940. The number of nitrogens with zero attached hydrogens (tertiary/aromatic N) is 1. The zero-order valence-corrected chi connectivity index (χ0v) is 13.5. The quantitative estimate of drug-likeness (QED) is 0.704. The van der Waals surface area contributed by atoms with Gasteiger partial charge in [0.05, 0.1) is 17.7 Å². The minimum Gasteiger partial charge on any atom is -0.494 e. The van der Waals surface area contributed by atoms with Crippen molar-refractivity contribution in [1.29, 1.82) is 0 Å². The topological polar surface area (TPSA) is 54.6 Å². The fourth-order valence-electron chi connectivity index (χ4n) is 3.74. The second-order valence-corrected chi connectivity index (χ2v) is 6.49. The predicted octanol–water partition coefficient (Wildman–Crippen LogP) is 4.30. The summed E-state index contributed by atoms with van der Waals surface area (Å²) in [7, 11) is 0. The molecule has 4 nitrogen and oxygen atoms in total. The Balaban J connectivity index is 1.46. The summed E-state index contributed by atoms with van der Waals surface area (Å²) in [6.07, 6.45) is 3.36. The Labute approximate surface area is 145 Å². The minimum atomic E-state index is -0.243. The van der Waals surface area contributed by atoms with Crippen LogP contribution in [-0.4, -0.2) is 14.8 Å². The maximum atomic E-state index is 10.5. The van der Waals surface area contributed by atoms with E-state index in [0.717, 1.165) is 11.1 Å². The van der Waals surface area contributed by atoms with Crippen molar-refractivity contribution in [2.75, 3.05) is 0 Å². The number of aromatic hydroxyl groups is 2. The lowest BCUT2D eigenvalue weighted by Gasteiger charge is -2.11. The van der Waals surface area contributed by atoms with E-state index in [0.29, 0.717) is 17.7 Å². The maximum Gasteiger partial charge on any atom is 0.200 e. The van der Waals surface area contributed by atoms with Gasteiger partial charge >= 0.3 is 0 Å². The van der Waals surface area contributed by atoms with Crippen LogP contribution in [0.15, 0.2) is 66.7 Å². The van der Waals surface area contributed by atoms with Gasteiger partial charge in [0.25, 0.3) is 0 Å². The van der Waals surface area contributed by atoms with Crippen LogP contribution in [0.4, 0.5) is 0 Å². The number of ether oxygens (including phenoxy) is 1. The summed E-state index contributed by atoms with van der Waals surface area (Å²) in [6.45, 7) is 0.416. The molecule has 2 N–H and O–H groups in total. The molecule has 0 aliphatic carbocycles. The molecule has 2 aliphatic rings. The second-order valence-electron chi connectivity index (χ2n) is 6.49. The summed E-state index contributed by atoms with van der Waals surface area (Å²) in [5.41, 5.74) is 4.72. The fourth-order valence-corrected chi connectivity index (χ4v) is 3.74. The monoisotopic (exact) mass is 331 g/mol. The number of rotatable bonds is 3. The standard InChI is InChI=1S/C21H17NO3/c23-20-18-16-10-11-17(25-16)19(18)21(24)22(20)12-13-6-8-15(9-7-13)14-4-2-1-3-5-14/h1-11,16-17,23-24H,12H2. The smallest absolute Gasteiger partial charge is 0.200 e. The van der Waals surface area contributed by atoms with Gasteiger partial charge in [-0.15, -0.1) is 0 Å². The predicted molar refractivity (Wildman–Crippen MR) is 94.4 cm³/mol. The Hall–Kier alpha value is -2.98. The van der Waals surface area contributed by atoms with Gasteiger partial charge in [0, 0.05) is 0 Å². The second kappa shape index (κ2) is 5.26. The molecule has 0 fully saturated rings. The molecule has 0 spiro atoms. The van der Waals surface area contributed by atoms with Crippen LogP contribution in [0.3, 0.4) is 0 Å². The molecule has 2 bridgehead atoms. The van der Waals surface area contributed by atoms with Gasteiger partial charge in [-0.1, -0.05) is 66.7 Å². The molecule has 0 amide bonds. The van der Waals surface area contributed by atoms with E-state index in [1.54, 1.807) is 4.57 Å². The van der Waals surface area contributed by atoms with Crippen molar-refractivity contribution >= 4 is 0 Å². The molecule has 2 aromatic carbocycles. The lowest BCUT2D eigenvalue weighted by Crippen LogP contribution is -2.01. The molecule has 2 aliphatic heterocycles. The lowest BCUT2D eigenvalue weighted by atomic mass is 10.0. The molecule has 25 heavy (non-hydrogen) atoms. The summed E-state index contributed by atoms with van der Waals surface area (Å²) in [4.78, 5) is 0. The van der Waals surface area contributed by atoms with Crippen molar-refractivity contribution in [3.63, 3.8) is 0 Å². The van der Waals surface area contributed by atoms with Crippen LogP contribution < -0.4 is 0 Å². The normalized spacial score (nSPS) is 20.2. The van der Waals surface area contributed by atoms with Crippen molar-refractivity contribution in [2.24, 2.45) is 0 Å². The van der Waals surface area contributed by atoms with Crippen LogP contribution in [0.25, 0.3) is 11.1 Å². The van der Waals surface area contributed by atoms with Gasteiger partial charge in [-0.25, -0.2) is 0 Å². The summed E-state index contributed by atoms with van der Waals surface area (Å²) in [6, 6.07) is 18.4. The highest BCUT2D eigenvalue weighted by molar-refractivity contribution is 5.63. The van der Waals surface area contributed by atoms with E-state index < -0.39 is 0 Å². The van der Waals surface area contributed by atoms with Crippen LogP contribution in [0, 0.1) is 0 Å². The van der Waals surface area contributed by atoms with Gasteiger partial charge in [-0.05, 0) is 16.7 Å². The summed E-state index contributed by atoms with van der Waals surface area (Å²) < 4.78 is 7.22. The molecule has 0 saturated heterocycles. The largest absolute Gasteiger partial charge is 0.494 e. The molecule has 1 aromatic heterocycles. The van der Waals surface area contributed by atoms with Gasteiger partial charge in [0.15, 0.2) is 0 Å². The first-order valence-electron chi connectivity index (χ1n) is 8.35. The Kier molecular flexibility index (Phi) is 3.02. The summed E-state index contributed by atoms with van der Waals surface area (Å²) in [5.74, 6) is 0.188. The van der Waals surface area contributed by atoms with Crippen LogP contribution in [0.1, 0.15) is 28.9 Å². The molecule has 4 heteroatoms. The van der Waals surface area contributed by atoms with Crippen LogP contribution in [0.5, 0.6) is 11.8 Å². The van der Waals surface area contributed by atoms with E-state index in [2.05, 4.69) is 24.3 Å². The molecule has 124 valence electrons. The molecule has 0 radical (unpaired) electrons. The summed E-state index contributed by atoms with van der Waals surface area (Å²) in [5, 5.41) is 21.1. The van der Waals surface area contributed by atoms with Gasteiger partial charge < -0.3 is 14.9 Å². The average Bonchev–Trinajstić information content (AvgIpc) is 3.33. The molecule has 5 rings (SSSR count). The Morgan fingerprint density at radius 1 is 0.760 bits per heavy atom. The molecule has 2 atom stereocenters. The molecule has 3 aromatic rings. The van der Waals surface area contributed by atoms with E-state index in [9.17, 15) is 10.2 Å². The molecule has 0 saturated carbocycles. The van der Waals surface area contributed by atoms with Crippen molar-refractivity contribution in [1.82, 2.24) is 4.57 Å². The first-order valence-corrected chi connectivity index (χ1v) is 8.35. The maximum absolute atomic E-state index is 10.5. The third-order valence-corrected chi connectivity index (χ3v) is 5.01. The van der Waals surface area contributed by atoms with Gasteiger partial charge in [-0.2, -0.15) is 0 Å². The Morgan fingerprint density at radius 3 is 1.92 bits per heavy atom. The van der Waals surface area contributed by atoms with Crippen LogP contribution in [-0.2, 0) is 11.3 Å². The third-order valence-electron chi connectivity index (χ3n) is 5.01. The Bertz CT molecular complexity index is 935. The SMILES string of the molecule is Oc1c2c(c(O)n1Cc1ccc(-c3ccccc3)cc1)C1C=CC2O1. The highest BCUT2D eigenvalue weighted by Gasteiger charge is 2.42. The fraction of sp³-hybridized carbons (Fsp3) is 0.143. The molecule has 3 heterocycles. The van der Waals surface area contributed by atoms with Gasteiger partial charge in [-0.3, -0.25) is 4.57 Å². The van der Waals surface area contributed by atoms with Crippen molar-refractivity contribution in [3.05, 3.63) is 83.4 Å². The van der Waals surface area contributed by atoms with E-state index in [1.807, 2.05) is 42.5 Å². The first-order chi connectivity index (χ1) is 12.2. The Morgan fingerprint density at radius 2 is 1.32 bits per heavy atom. The number of hydrogen-bond donors (Lipinski definition) is 2. The molecular formula is C21H17NO3. The zero-order chi connectivity index (χ0) is 17.0. The van der Waals surface area contributed by atoms with E-state index >= 15 is 0 Å².